The van der Waals surface area contributed by atoms with Crippen LogP contribution in [0.3, 0.4) is 0 Å². The van der Waals surface area contributed by atoms with Gasteiger partial charge in [0.25, 0.3) is 5.56 Å². The number of aromatic nitrogens is 2. The highest BCUT2D eigenvalue weighted by molar-refractivity contribution is 9.10. The lowest BCUT2D eigenvalue weighted by atomic mass is 10.1. The molecule has 1 N–H and O–H groups in total. The van der Waals surface area contributed by atoms with Gasteiger partial charge in [0, 0.05) is 16.1 Å². The van der Waals surface area contributed by atoms with Crippen molar-refractivity contribution in [2.24, 2.45) is 0 Å². The average Bonchev–Trinajstić information content (AvgIpc) is 2.28. The van der Waals surface area contributed by atoms with Crippen molar-refractivity contribution in [3.8, 4) is 11.3 Å². The number of halogens is 4. The van der Waals surface area contributed by atoms with Gasteiger partial charge in [0.05, 0.1) is 5.69 Å². The van der Waals surface area contributed by atoms with Crippen molar-refractivity contribution < 1.29 is 13.2 Å². The summed E-state index contributed by atoms with van der Waals surface area (Å²) in [6.07, 6.45) is -4.68. The maximum absolute atomic E-state index is 12.5. The molecule has 0 atom stereocenters. The molecule has 7 heteroatoms. The maximum Gasteiger partial charge on any atom is 0.449 e. The van der Waals surface area contributed by atoms with Gasteiger partial charge in [-0.1, -0.05) is 28.1 Å². The average molecular weight is 319 g/mol. The van der Waals surface area contributed by atoms with Gasteiger partial charge in [-0.2, -0.15) is 13.2 Å². The van der Waals surface area contributed by atoms with Crippen LogP contribution in [0, 0.1) is 0 Å². The molecule has 0 radical (unpaired) electrons. The molecular weight excluding hydrogens is 313 g/mol. The van der Waals surface area contributed by atoms with Gasteiger partial charge in [-0.05, 0) is 12.1 Å². The van der Waals surface area contributed by atoms with Gasteiger partial charge in [-0.15, -0.1) is 0 Å². The molecule has 0 fully saturated rings. The van der Waals surface area contributed by atoms with E-state index in [2.05, 4.69) is 20.9 Å². The first kappa shape index (κ1) is 12.8. The molecule has 0 unspecified atom stereocenters. The monoisotopic (exact) mass is 318 g/mol. The Morgan fingerprint density at radius 1 is 1.17 bits per heavy atom. The van der Waals surface area contributed by atoms with E-state index < -0.39 is 17.6 Å². The second-order valence-electron chi connectivity index (χ2n) is 3.48. The van der Waals surface area contributed by atoms with Gasteiger partial charge in [-0.3, -0.25) is 4.79 Å². The minimum atomic E-state index is -4.68. The highest BCUT2D eigenvalue weighted by Gasteiger charge is 2.34. The summed E-state index contributed by atoms with van der Waals surface area (Å²) in [5, 5.41) is 0. The van der Waals surface area contributed by atoms with Crippen molar-refractivity contribution in [1.82, 2.24) is 9.97 Å². The minimum absolute atomic E-state index is 0.0152. The lowest BCUT2D eigenvalue weighted by Crippen LogP contribution is -2.18. The Bertz CT molecular complexity index is 619. The number of alkyl halides is 3. The predicted octanol–water partition coefficient (Wildman–Crippen LogP) is 3.22. The van der Waals surface area contributed by atoms with Crippen LogP contribution in [0.15, 0.2) is 39.6 Å². The molecule has 0 saturated carbocycles. The van der Waals surface area contributed by atoms with E-state index >= 15 is 0 Å². The normalized spacial score (nSPS) is 11.6. The molecule has 2 aromatic rings. The smallest absolute Gasteiger partial charge is 0.303 e. The van der Waals surface area contributed by atoms with Crippen molar-refractivity contribution in [3.63, 3.8) is 0 Å². The van der Waals surface area contributed by atoms with Crippen molar-refractivity contribution >= 4 is 15.9 Å². The Hall–Kier alpha value is -1.63. The van der Waals surface area contributed by atoms with Crippen molar-refractivity contribution in [2.45, 2.75) is 6.18 Å². The summed E-state index contributed by atoms with van der Waals surface area (Å²) in [6, 6.07) is 7.49. The Morgan fingerprint density at radius 2 is 1.78 bits per heavy atom. The first-order valence-electron chi connectivity index (χ1n) is 4.81. The molecule has 0 spiro atoms. The standard InChI is InChI=1S/C11H6BrF3N2O/c12-7-3-1-6(2-4-7)8-5-9(18)17-10(16-8)11(13,14)15/h1-5H,(H,16,17,18). The summed E-state index contributed by atoms with van der Waals surface area (Å²) in [7, 11) is 0. The van der Waals surface area contributed by atoms with Gasteiger partial charge in [0.1, 0.15) is 0 Å². The second kappa shape index (κ2) is 4.56. The molecule has 0 aliphatic heterocycles. The van der Waals surface area contributed by atoms with E-state index in [1.54, 1.807) is 29.2 Å². The lowest BCUT2D eigenvalue weighted by molar-refractivity contribution is -0.145. The van der Waals surface area contributed by atoms with E-state index in [1.165, 1.54) is 0 Å². The fourth-order valence-corrected chi connectivity index (χ4v) is 1.62. The highest BCUT2D eigenvalue weighted by atomic mass is 79.9. The van der Waals surface area contributed by atoms with E-state index in [-0.39, 0.29) is 5.69 Å². The zero-order chi connectivity index (χ0) is 13.3. The van der Waals surface area contributed by atoms with Gasteiger partial charge >= 0.3 is 6.18 Å². The first-order valence-corrected chi connectivity index (χ1v) is 5.60. The largest absolute Gasteiger partial charge is 0.449 e. The predicted molar refractivity (Wildman–Crippen MR) is 63.0 cm³/mol. The number of rotatable bonds is 1. The van der Waals surface area contributed by atoms with E-state index in [0.717, 1.165) is 10.5 Å². The number of nitrogens with one attached hydrogen (secondary N) is 1. The number of hydrogen-bond acceptors (Lipinski definition) is 2. The number of benzene rings is 1. The Morgan fingerprint density at radius 3 is 2.33 bits per heavy atom. The van der Waals surface area contributed by atoms with Crippen LogP contribution >= 0.6 is 15.9 Å². The Labute approximate surface area is 108 Å². The van der Waals surface area contributed by atoms with Gasteiger partial charge in [0.2, 0.25) is 5.82 Å². The number of hydrogen-bond donors (Lipinski definition) is 1. The third kappa shape index (κ3) is 2.79. The Kier molecular flexibility index (Phi) is 3.25. The van der Waals surface area contributed by atoms with Gasteiger partial charge < -0.3 is 4.98 Å². The SMILES string of the molecule is O=c1cc(-c2ccc(Br)cc2)nc(C(F)(F)F)[nH]1. The zero-order valence-corrected chi connectivity index (χ0v) is 10.3. The van der Waals surface area contributed by atoms with E-state index in [0.29, 0.717) is 5.56 Å². The third-order valence-electron chi connectivity index (χ3n) is 2.15. The molecule has 0 amide bonds. The summed E-state index contributed by atoms with van der Waals surface area (Å²) in [4.78, 5) is 16.3. The van der Waals surface area contributed by atoms with E-state index in [9.17, 15) is 18.0 Å². The molecule has 1 aromatic heterocycles. The van der Waals surface area contributed by atoms with Crippen LogP contribution in [0.2, 0.25) is 0 Å². The van der Waals surface area contributed by atoms with E-state index in [4.69, 9.17) is 0 Å². The molecule has 1 aromatic carbocycles. The molecule has 3 nitrogen and oxygen atoms in total. The minimum Gasteiger partial charge on any atom is -0.303 e. The molecule has 0 aliphatic rings. The summed E-state index contributed by atoms with van der Waals surface area (Å²) < 4.78 is 38.2. The topological polar surface area (TPSA) is 45.8 Å². The van der Waals surface area contributed by atoms with Crippen molar-refractivity contribution in [2.75, 3.05) is 0 Å². The first-order chi connectivity index (χ1) is 8.36. The number of H-pyrrole nitrogens is 1. The second-order valence-corrected chi connectivity index (χ2v) is 4.40. The zero-order valence-electron chi connectivity index (χ0n) is 8.75. The molecule has 0 saturated heterocycles. The van der Waals surface area contributed by atoms with Crippen LogP contribution in [0.25, 0.3) is 11.3 Å². The van der Waals surface area contributed by atoms with Crippen LogP contribution in [0.4, 0.5) is 13.2 Å². The highest BCUT2D eigenvalue weighted by Crippen LogP contribution is 2.27. The quantitative estimate of drug-likeness (QED) is 0.877. The van der Waals surface area contributed by atoms with E-state index in [1.807, 2.05) is 0 Å². The molecule has 1 heterocycles. The van der Waals surface area contributed by atoms with Crippen LogP contribution in [-0.4, -0.2) is 9.97 Å². The van der Waals surface area contributed by atoms with Gasteiger partial charge in [-0.25, -0.2) is 4.98 Å². The molecule has 94 valence electrons. The molecule has 0 bridgehead atoms. The summed E-state index contributed by atoms with van der Waals surface area (Å²) >= 11 is 3.21. The fourth-order valence-electron chi connectivity index (χ4n) is 1.36. The summed E-state index contributed by atoms with van der Waals surface area (Å²) in [6.45, 7) is 0. The number of nitrogens with zero attached hydrogens (tertiary/aromatic N) is 1. The van der Waals surface area contributed by atoms with Crippen LogP contribution in [0.1, 0.15) is 5.82 Å². The molecular formula is C11H6BrF3N2O. The fraction of sp³-hybridized carbons (Fsp3) is 0.0909. The van der Waals surface area contributed by atoms with Gasteiger partial charge in [0.15, 0.2) is 0 Å². The van der Waals surface area contributed by atoms with Crippen LogP contribution < -0.4 is 5.56 Å². The summed E-state index contributed by atoms with van der Waals surface area (Å²) in [5.41, 5.74) is -0.413. The lowest BCUT2D eigenvalue weighted by Gasteiger charge is -2.07. The number of aromatic amines is 1. The van der Waals surface area contributed by atoms with Crippen molar-refractivity contribution in [3.05, 3.63) is 51.0 Å². The van der Waals surface area contributed by atoms with Crippen LogP contribution in [0.5, 0.6) is 0 Å². The molecule has 0 aliphatic carbocycles. The maximum atomic E-state index is 12.5. The third-order valence-corrected chi connectivity index (χ3v) is 2.68. The molecule has 2 rings (SSSR count). The van der Waals surface area contributed by atoms with Crippen LogP contribution in [-0.2, 0) is 6.18 Å². The summed E-state index contributed by atoms with van der Waals surface area (Å²) in [5.74, 6) is -1.30. The molecule has 18 heavy (non-hydrogen) atoms. The Balaban J connectivity index is 2.55. The van der Waals surface area contributed by atoms with Crippen molar-refractivity contribution in [1.29, 1.82) is 0 Å².